The summed E-state index contributed by atoms with van der Waals surface area (Å²) in [4.78, 5) is 4.66. The van der Waals surface area contributed by atoms with E-state index in [2.05, 4.69) is 89.0 Å². The first-order chi connectivity index (χ1) is 26.5. The van der Waals surface area contributed by atoms with Crippen molar-refractivity contribution >= 4 is 45.0 Å². The third kappa shape index (κ3) is 5.87. The molecule has 0 saturated carbocycles. The van der Waals surface area contributed by atoms with Gasteiger partial charge in [0.2, 0.25) is 6.71 Å². The van der Waals surface area contributed by atoms with E-state index in [9.17, 15) is 0 Å². The number of aromatic nitrogens is 1. The van der Waals surface area contributed by atoms with Crippen LogP contribution in [-0.4, -0.2) is 11.7 Å². The number of benzene rings is 5. The highest BCUT2D eigenvalue weighted by atomic mass is 16.3. The average molecular weight is 661 g/mol. The Hall–Kier alpha value is -4.89. The number of hydrogen-bond acceptors (Lipinski definition) is 2. The van der Waals surface area contributed by atoms with Gasteiger partial charge in [-0.15, -0.1) is 0 Å². The van der Waals surface area contributed by atoms with E-state index in [1.165, 1.54) is 50.5 Å². The van der Waals surface area contributed by atoms with Gasteiger partial charge in [0.1, 0.15) is 11.2 Å². The molecule has 0 aliphatic rings. The zero-order valence-electron chi connectivity index (χ0n) is 37.5. The minimum atomic E-state index is -2.62. The van der Waals surface area contributed by atoms with Gasteiger partial charge in [0, 0.05) is 30.8 Å². The van der Waals surface area contributed by atoms with Crippen LogP contribution in [0.3, 0.4) is 0 Å². The lowest BCUT2D eigenvalue weighted by molar-refractivity contribution is 0.590. The lowest BCUT2D eigenvalue weighted by Gasteiger charge is -2.24. The van der Waals surface area contributed by atoms with Gasteiger partial charge in [-0.05, 0) is 107 Å². The first kappa shape index (κ1) is 26.0. The van der Waals surface area contributed by atoms with E-state index < -0.39 is 19.1 Å². The van der Waals surface area contributed by atoms with Crippen molar-refractivity contribution in [1.82, 2.24) is 4.98 Å². The standard InChI is InChI=1S/C47H48BNO/c1-27-19-30(4)44(31(5)20-27)48(45-32(6)21-28(2)22-33(45)7)36-16-18-38-39-13-12-14-40(46(39)50-43(38)24-36)42-25-41(34(8)26-49-42)37-17-15-35(23-29(37)3)47(9,10)11/h12-26H,1-11H3/i3D3,8D3,17D. The monoisotopic (exact) mass is 660 g/mol. The predicted molar refractivity (Wildman–Crippen MR) is 217 cm³/mol. The molecule has 0 fully saturated rings. The normalized spacial score (nSPS) is 14.5. The Labute approximate surface area is 308 Å². The predicted octanol–water partition coefficient (Wildman–Crippen LogP) is 10.6. The molecule has 3 heteroatoms. The summed E-state index contributed by atoms with van der Waals surface area (Å²) >= 11 is 0. The summed E-state index contributed by atoms with van der Waals surface area (Å²) in [5.41, 5.74) is 13.6. The van der Waals surface area contributed by atoms with E-state index in [1.54, 1.807) is 18.2 Å². The van der Waals surface area contributed by atoms with Crippen molar-refractivity contribution < 1.29 is 14.0 Å². The second kappa shape index (κ2) is 12.5. The Bertz CT molecular complexity index is 2630. The van der Waals surface area contributed by atoms with Crippen LogP contribution in [0.25, 0.3) is 44.3 Å². The van der Waals surface area contributed by atoms with Crippen molar-refractivity contribution in [2.24, 2.45) is 0 Å². The number of nitrogens with zero attached hydrogens (tertiary/aromatic N) is 1. The van der Waals surface area contributed by atoms with Crippen LogP contribution in [0.5, 0.6) is 0 Å². The summed E-state index contributed by atoms with van der Waals surface area (Å²) in [6.07, 6.45) is 1.29. The van der Waals surface area contributed by atoms with Crippen LogP contribution >= 0.6 is 0 Å². The van der Waals surface area contributed by atoms with Gasteiger partial charge in [-0.1, -0.05) is 137 Å². The number of furan rings is 1. The zero-order chi connectivity index (χ0) is 41.5. The SMILES string of the molecule is [2H]c1cc(C(C)(C)C)cc(C([2H])([2H])[2H])c1-c1cc(-c2cccc3c2oc2cc(B(c4c(C)cc(C)cc4C)c4c(C)cc(C)cc4C)ccc23)ncc1C([2H])([2H])[2H]. The maximum absolute atomic E-state index is 9.11. The third-order valence-electron chi connectivity index (χ3n) is 10.2. The molecule has 0 aliphatic heterocycles. The third-order valence-corrected chi connectivity index (χ3v) is 10.2. The summed E-state index contributed by atoms with van der Waals surface area (Å²) in [6, 6.07) is 26.0. The van der Waals surface area contributed by atoms with Crippen molar-refractivity contribution in [1.29, 1.82) is 0 Å². The van der Waals surface area contributed by atoms with E-state index in [0.717, 1.165) is 16.2 Å². The summed E-state index contributed by atoms with van der Waals surface area (Å²) in [5, 5.41) is 1.80. The number of pyridine rings is 1. The lowest BCUT2D eigenvalue weighted by Crippen LogP contribution is -2.55. The van der Waals surface area contributed by atoms with E-state index in [1.807, 2.05) is 39.0 Å². The molecule has 0 amide bonds. The molecular formula is C47H48BNO. The second-order valence-corrected chi connectivity index (χ2v) is 15.1. The summed E-state index contributed by atoms with van der Waals surface area (Å²) < 4.78 is 66.5. The quantitative estimate of drug-likeness (QED) is 0.172. The zero-order valence-corrected chi connectivity index (χ0v) is 30.5. The molecule has 0 saturated heterocycles. The first-order valence-corrected chi connectivity index (χ1v) is 17.3. The maximum Gasteiger partial charge on any atom is 0.242 e. The van der Waals surface area contributed by atoms with Gasteiger partial charge in [0.15, 0.2) is 0 Å². The van der Waals surface area contributed by atoms with Crippen LogP contribution in [0.15, 0.2) is 95.5 Å². The fraction of sp³-hybridized carbons (Fsp3) is 0.255. The van der Waals surface area contributed by atoms with Gasteiger partial charge >= 0.3 is 0 Å². The smallest absolute Gasteiger partial charge is 0.242 e. The molecule has 0 spiro atoms. The molecule has 0 radical (unpaired) electrons. The van der Waals surface area contributed by atoms with Crippen molar-refractivity contribution in [2.75, 3.05) is 0 Å². The van der Waals surface area contributed by atoms with Crippen LogP contribution < -0.4 is 16.4 Å². The van der Waals surface area contributed by atoms with Crippen molar-refractivity contribution in [3.8, 4) is 22.4 Å². The number of rotatable bonds is 5. The average Bonchev–Trinajstić information content (AvgIpc) is 3.46. The van der Waals surface area contributed by atoms with E-state index in [-0.39, 0.29) is 35.0 Å². The summed E-state index contributed by atoms with van der Waals surface area (Å²) in [7, 11) is 0. The minimum Gasteiger partial charge on any atom is -0.455 e. The highest BCUT2D eigenvalue weighted by Gasteiger charge is 2.29. The van der Waals surface area contributed by atoms with E-state index in [4.69, 9.17) is 14.0 Å². The molecule has 7 aromatic rings. The molecule has 7 rings (SSSR count). The van der Waals surface area contributed by atoms with Gasteiger partial charge in [0.05, 0.1) is 7.06 Å². The highest BCUT2D eigenvalue weighted by molar-refractivity contribution is 6.96. The molecule has 0 unspecified atom stereocenters. The van der Waals surface area contributed by atoms with Crippen molar-refractivity contribution in [3.63, 3.8) is 0 Å². The van der Waals surface area contributed by atoms with Gasteiger partial charge < -0.3 is 4.42 Å². The fourth-order valence-corrected chi connectivity index (χ4v) is 7.93. The van der Waals surface area contributed by atoms with Crippen LogP contribution in [0.2, 0.25) is 0 Å². The molecule has 0 atom stereocenters. The van der Waals surface area contributed by atoms with Gasteiger partial charge in [-0.2, -0.15) is 0 Å². The summed E-state index contributed by atoms with van der Waals surface area (Å²) in [5.74, 6) is 0. The van der Waals surface area contributed by atoms with Crippen LogP contribution in [0, 0.1) is 55.2 Å². The largest absolute Gasteiger partial charge is 0.455 e. The Morgan fingerprint density at radius 3 is 1.88 bits per heavy atom. The van der Waals surface area contributed by atoms with Gasteiger partial charge in [0.25, 0.3) is 0 Å². The molecule has 0 N–H and O–H groups in total. The molecule has 0 aliphatic carbocycles. The lowest BCUT2D eigenvalue weighted by atomic mass is 9.34. The van der Waals surface area contributed by atoms with Crippen molar-refractivity contribution in [2.45, 2.75) is 81.4 Å². The molecule has 2 heterocycles. The molecular weight excluding hydrogens is 605 g/mol. The Morgan fingerprint density at radius 2 is 1.28 bits per heavy atom. The minimum absolute atomic E-state index is 0.0453. The number of para-hydroxylation sites is 1. The molecule has 250 valence electrons. The van der Waals surface area contributed by atoms with Crippen LogP contribution in [0.1, 0.15) is 80.4 Å². The fourth-order valence-electron chi connectivity index (χ4n) is 7.93. The molecule has 5 aromatic carbocycles. The molecule has 0 bridgehead atoms. The van der Waals surface area contributed by atoms with Gasteiger partial charge in [-0.25, -0.2) is 0 Å². The Balaban J connectivity index is 1.46. The Kier molecular flexibility index (Phi) is 6.48. The van der Waals surface area contributed by atoms with E-state index >= 15 is 0 Å². The topological polar surface area (TPSA) is 26.0 Å². The highest BCUT2D eigenvalue weighted by Crippen LogP contribution is 2.38. The number of aryl methyl sites for hydroxylation is 8. The summed E-state index contributed by atoms with van der Waals surface area (Å²) in [6.45, 7) is 13.6. The maximum atomic E-state index is 9.11. The molecule has 50 heavy (non-hydrogen) atoms. The van der Waals surface area contributed by atoms with E-state index in [0.29, 0.717) is 28.0 Å². The van der Waals surface area contributed by atoms with Crippen LogP contribution in [0.4, 0.5) is 0 Å². The number of fused-ring (bicyclic) bond motifs is 3. The number of hydrogen-bond donors (Lipinski definition) is 0. The first-order valence-electron chi connectivity index (χ1n) is 20.8. The van der Waals surface area contributed by atoms with Crippen LogP contribution in [-0.2, 0) is 5.41 Å². The van der Waals surface area contributed by atoms with Crippen molar-refractivity contribution in [3.05, 3.63) is 141 Å². The molecule has 2 aromatic heterocycles. The van der Waals surface area contributed by atoms with Gasteiger partial charge in [-0.3, -0.25) is 4.98 Å². The molecule has 2 nitrogen and oxygen atoms in total. The second-order valence-electron chi connectivity index (χ2n) is 15.1. The Morgan fingerprint density at radius 1 is 0.640 bits per heavy atom.